The summed E-state index contributed by atoms with van der Waals surface area (Å²) in [5.41, 5.74) is -0.471. The zero-order valence-corrected chi connectivity index (χ0v) is 25.8. The molecule has 0 saturated carbocycles. The number of nitrogens with one attached hydrogen (secondary N) is 1. The van der Waals surface area contributed by atoms with Crippen LogP contribution in [0.25, 0.3) is 0 Å². The Bertz CT molecular complexity index is 721. The Kier molecular flexibility index (Phi) is 26.7. The van der Waals surface area contributed by atoms with Gasteiger partial charge in [-0.3, -0.25) is 9.59 Å². The first kappa shape index (κ1) is 37.8. The summed E-state index contributed by atoms with van der Waals surface area (Å²) in [6.07, 6.45) is 28.2. The van der Waals surface area contributed by atoms with E-state index < -0.39 is 5.60 Å². The molecule has 0 radical (unpaired) electrons. The van der Waals surface area contributed by atoms with Gasteiger partial charge >= 0.3 is 5.97 Å². The largest absolute Gasteiger partial charge is 0.460 e. The number of amides is 1. The monoisotopic (exact) mass is 563 g/mol. The lowest BCUT2D eigenvalue weighted by atomic mass is 10.2. The van der Waals surface area contributed by atoms with Gasteiger partial charge < -0.3 is 24.3 Å². The van der Waals surface area contributed by atoms with Gasteiger partial charge in [0.05, 0.1) is 46.1 Å². The maximum Gasteiger partial charge on any atom is 0.308 e. The topological polar surface area (TPSA) is 83.1 Å². The summed E-state index contributed by atoms with van der Waals surface area (Å²) >= 11 is 0. The van der Waals surface area contributed by atoms with Crippen LogP contribution in [0.4, 0.5) is 0 Å². The number of ether oxygens (including phenoxy) is 4. The second-order valence-corrected chi connectivity index (χ2v) is 10.5. The van der Waals surface area contributed by atoms with E-state index >= 15 is 0 Å². The second-order valence-electron chi connectivity index (χ2n) is 10.5. The minimum Gasteiger partial charge on any atom is -0.460 e. The summed E-state index contributed by atoms with van der Waals surface area (Å²) in [6.45, 7) is 10.8. The van der Waals surface area contributed by atoms with Crippen molar-refractivity contribution in [2.45, 2.75) is 104 Å². The number of hydrogen-bond donors (Lipinski definition) is 1. The summed E-state index contributed by atoms with van der Waals surface area (Å²) in [4.78, 5) is 23.4. The molecule has 0 bridgehead atoms. The molecule has 0 aromatic heterocycles. The number of hydrogen-bond acceptors (Lipinski definition) is 6. The molecule has 1 amide bonds. The zero-order chi connectivity index (χ0) is 29.6. The maximum atomic E-state index is 11.9. The normalized spacial score (nSPS) is 12.4. The van der Waals surface area contributed by atoms with Gasteiger partial charge in [-0.1, -0.05) is 68.4 Å². The highest BCUT2D eigenvalue weighted by atomic mass is 16.6. The van der Waals surface area contributed by atoms with Crippen LogP contribution in [-0.2, 0) is 28.5 Å². The van der Waals surface area contributed by atoms with Crippen molar-refractivity contribution < 1.29 is 28.5 Å². The molecular formula is C33H57NO6. The highest BCUT2D eigenvalue weighted by Crippen LogP contribution is 2.08. The van der Waals surface area contributed by atoms with Gasteiger partial charge in [-0.05, 0) is 65.7 Å². The summed E-state index contributed by atoms with van der Waals surface area (Å²) in [5, 5.41) is 2.88. The molecule has 230 valence electrons. The predicted octanol–water partition coefficient (Wildman–Crippen LogP) is 7.03. The lowest BCUT2D eigenvalue weighted by Crippen LogP contribution is -2.27. The average molecular weight is 564 g/mol. The van der Waals surface area contributed by atoms with Crippen molar-refractivity contribution in [3.05, 3.63) is 48.6 Å². The van der Waals surface area contributed by atoms with E-state index in [0.717, 1.165) is 32.1 Å². The first-order valence-corrected chi connectivity index (χ1v) is 15.2. The van der Waals surface area contributed by atoms with Crippen LogP contribution >= 0.6 is 0 Å². The van der Waals surface area contributed by atoms with Crippen molar-refractivity contribution in [2.24, 2.45) is 0 Å². The first-order chi connectivity index (χ1) is 19.3. The van der Waals surface area contributed by atoms with Gasteiger partial charge in [0.25, 0.3) is 0 Å². The molecule has 0 unspecified atom stereocenters. The maximum absolute atomic E-state index is 11.9. The second kappa shape index (κ2) is 28.3. The molecule has 0 aliphatic carbocycles. The molecule has 0 rings (SSSR count). The van der Waals surface area contributed by atoms with Gasteiger partial charge in [0, 0.05) is 13.0 Å². The molecule has 0 aromatic rings. The molecule has 7 heteroatoms. The zero-order valence-electron chi connectivity index (χ0n) is 25.8. The van der Waals surface area contributed by atoms with Crippen molar-refractivity contribution in [3.63, 3.8) is 0 Å². The van der Waals surface area contributed by atoms with Gasteiger partial charge in [-0.15, -0.1) is 0 Å². The lowest BCUT2D eigenvalue weighted by molar-refractivity contribution is -0.156. The molecule has 40 heavy (non-hydrogen) atoms. The Morgan fingerprint density at radius 2 is 1.12 bits per heavy atom. The fourth-order valence-corrected chi connectivity index (χ4v) is 3.38. The van der Waals surface area contributed by atoms with E-state index in [-0.39, 0.29) is 18.3 Å². The smallest absolute Gasteiger partial charge is 0.308 e. The van der Waals surface area contributed by atoms with Crippen LogP contribution in [0.2, 0.25) is 0 Å². The number of carbonyl (C=O) groups excluding carboxylic acids is 2. The number of allylic oxidation sites excluding steroid dienone is 8. The van der Waals surface area contributed by atoms with Gasteiger partial charge in [0.15, 0.2) is 0 Å². The third kappa shape index (κ3) is 32.0. The van der Waals surface area contributed by atoms with Crippen LogP contribution in [0.5, 0.6) is 0 Å². The average Bonchev–Trinajstić information content (AvgIpc) is 2.90. The summed E-state index contributed by atoms with van der Waals surface area (Å²) in [5.74, 6) is -0.209. The van der Waals surface area contributed by atoms with Crippen LogP contribution in [-0.4, -0.2) is 63.7 Å². The Morgan fingerprint density at radius 3 is 1.68 bits per heavy atom. The highest BCUT2D eigenvalue weighted by Gasteiger charge is 2.15. The molecular weight excluding hydrogens is 506 g/mol. The summed E-state index contributed by atoms with van der Waals surface area (Å²) in [6, 6.07) is 0. The van der Waals surface area contributed by atoms with E-state index in [2.05, 4.69) is 60.8 Å². The molecule has 7 nitrogen and oxygen atoms in total. The van der Waals surface area contributed by atoms with Crippen LogP contribution < -0.4 is 5.32 Å². The summed E-state index contributed by atoms with van der Waals surface area (Å²) in [7, 11) is 0. The Balaban J connectivity index is 3.42. The fourth-order valence-electron chi connectivity index (χ4n) is 3.38. The Hall–Kier alpha value is -2.22. The molecule has 0 saturated heterocycles. The molecule has 0 aromatic carbocycles. The van der Waals surface area contributed by atoms with Crippen LogP contribution in [0.3, 0.4) is 0 Å². The number of carbonyl (C=O) groups is 2. The molecule has 0 aliphatic rings. The van der Waals surface area contributed by atoms with Gasteiger partial charge in [-0.25, -0.2) is 0 Å². The minimum absolute atomic E-state index is 0.0549. The number of rotatable bonds is 26. The standard InChI is InChI=1S/C33H57NO6/c1-5-6-7-8-9-10-11-12-13-14-15-16-17-18-19-20-21-22-31(35)34-24-26-38-28-30-39-29-27-37-25-23-32(36)40-33(2,3)4/h9-10,12-13,15-16,18-19H,5-8,11,14,17,20-30H2,1-4H3,(H,34,35)/b10-9-,13-12-,16-15-,19-18-. The Labute approximate surface area is 244 Å². The third-order valence-corrected chi connectivity index (χ3v) is 5.42. The predicted molar refractivity (Wildman–Crippen MR) is 164 cm³/mol. The van der Waals surface area contributed by atoms with E-state index in [1.54, 1.807) is 0 Å². The quantitative estimate of drug-likeness (QED) is 0.0691. The molecule has 1 N–H and O–H groups in total. The fraction of sp³-hybridized carbons (Fsp3) is 0.697. The van der Waals surface area contributed by atoms with E-state index in [9.17, 15) is 9.59 Å². The highest BCUT2D eigenvalue weighted by molar-refractivity contribution is 5.75. The molecule has 0 heterocycles. The van der Waals surface area contributed by atoms with Crippen molar-refractivity contribution in [1.29, 1.82) is 0 Å². The van der Waals surface area contributed by atoms with Crippen LogP contribution in [0, 0.1) is 0 Å². The number of unbranched alkanes of at least 4 members (excludes halogenated alkanes) is 4. The van der Waals surface area contributed by atoms with Gasteiger partial charge in [0.1, 0.15) is 5.60 Å². The van der Waals surface area contributed by atoms with E-state index in [1.807, 2.05) is 20.8 Å². The summed E-state index contributed by atoms with van der Waals surface area (Å²) < 4.78 is 21.5. The molecule has 0 atom stereocenters. The lowest BCUT2D eigenvalue weighted by Gasteiger charge is -2.19. The van der Waals surface area contributed by atoms with Crippen LogP contribution in [0.15, 0.2) is 48.6 Å². The first-order valence-electron chi connectivity index (χ1n) is 15.2. The van der Waals surface area contributed by atoms with E-state index in [0.29, 0.717) is 52.6 Å². The minimum atomic E-state index is -0.471. The van der Waals surface area contributed by atoms with Gasteiger partial charge in [0.2, 0.25) is 5.91 Å². The van der Waals surface area contributed by atoms with Crippen molar-refractivity contribution in [2.75, 3.05) is 46.2 Å². The Morgan fingerprint density at radius 1 is 0.625 bits per heavy atom. The third-order valence-electron chi connectivity index (χ3n) is 5.42. The van der Waals surface area contributed by atoms with Gasteiger partial charge in [-0.2, -0.15) is 0 Å². The molecule has 0 fully saturated rings. The van der Waals surface area contributed by atoms with E-state index in [4.69, 9.17) is 18.9 Å². The van der Waals surface area contributed by atoms with E-state index in [1.165, 1.54) is 25.7 Å². The molecule has 0 spiro atoms. The van der Waals surface area contributed by atoms with Crippen molar-refractivity contribution in [1.82, 2.24) is 5.32 Å². The SMILES string of the molecule is CCCCC/C=C\C/C=C\C/C=C\C/C=C\CCCC(=O)NCCOCCOCCOCCC(=O)OC(C)(C)C. The molecule has 0 aliphatic heterocycles. The van der Waals surface area contributed by atoms with Crippen LogP contribution in [0.1, 0.15) is 98.3 Å². The number of esters is 1. The van der Waals surface area contributed by atoms with Crippen molar-refractivity contribution >= 4 is 11.9 Å². The van der Waals surface area contributed by atoms with Crippen molar-refractivity contribution in [3.8, 4) is 0 Å².